The molecule has 7 heteroatoms. The number of carbonyl (C=O) groups excluding carboxylic acids is 2. The predicted octanol–water partition coefficient (Wildman–Crippen LogP) is 5.24. The van der Waals surface area contributed by atoms with E-state index in [-0.39, 0.29) is 36.0 Å². The molecule has 0 radical (unpaired) electrons. The summed E-state index contributed by atoms with van der Waals surface area (Å²) in [6.45, 7) is 12.8. The van der Waals surface area contributed by atoms with Gasteiger partial charge < -0.3 is 24.2 Å². The van der Waals surface area contributed by atoms with Gasteiger partial charge in [-0.3, -0.25) is 9.59 Å². The van der Waals surface area contributed by atoms with Crippen LogP contribution in [-0.4, -0.2) is 54.7 Å². The topological polar surface area (TPSA) is 85.3 Å². The number of nitrogens with zero attached hydrogens (tertiary/aromatic N) is 1. The summed E-state index contributed by atoms with van der Waals surface area (Å²) in [5.74, 6) is -0.660. The highest BCUT2D eigenvalue weighted by atomic mass is 16.5. The lowest BCUT2D eigenvalue weighted by atomic mass is 9.85. The van der Waals surface area contributed by atoms with Crippen LogP contribution in [0.1, 0.15) is 64.3 Å². The van der Waals surface area contributed by atoms with Crippen molar-refractivity contribution in [3.05, 3.63) is 64.7 Å². The van der Waals surface area contributed by atoms with Crippen molar-refractivity contribution in [3.63, 3.8) is 0 Å². The molecule has 2 aromatic rings. The van der Waals surface area contributed by atoms with Crippen molar-refractivity contribution in [2.24, 2.45) is 0 Å². The van der Waals surface area contributed by atoms with Gasteiger partial charge in [0.05, 0.1) is 43.6 Å². The average Bonchev–Trinajstić information content (AvgIpc) is 3.08. The number of carbonyl (C=O) groups is 2. The molecule has 7 nitrogen and oxygen atoms in total. The molecule has 1 atom stereocenters. The Hall–Kier alpha value is -3.32. The Morgan fingerprint density at radius 2 is 1.83 bits per heavy atom. The Labute approximate surface area is 213 Å². The summed E-state index contributed by atoms with van der Waals surface area (Å²) in [4.78, 5) is 28.1. The molecular weight excluding hydrogens is 458 g/mol. The van der Waals surface area contributed by atoms with Crippen molar-refractivity contribution < 1.29 is 28.9 Å². The first kappa shape index (κ1) is 27.3. The normalized spacial score (nSPS) is 17.7. The Balaban J connectivity index is 2.21. The Bertz CT molecular complexity index is 1140. The van der Waals surface area contributed by atoms with E-state index in [0.29, 0.717) is 29.2 Å². The maximum Gasteiger partial charge on any atom is 0.295 e. The van der Waals surface area contributed by atoms with Crippen molar-refractivity contribution in [1.82, 2.24) is 4.90 Å². The minimum Gasteiger partial charge on any atom is -0.507 e. The molecular formula is C29H37NO6. The largest absolute Gasteiger partial charge is 0.507 e. The number of hydrogen-bond donors (Lipinski definition) is 1. The van der Waals surface area contributed by atoms with E-state index in [9.17, 15) is 14.7 Å². The molecule has 1 heterocycles. The predicted molar refractivity (Wildman–Crippen MR) is 139 cm³/mol. The fraction of sp³-hybridized carbons (Fsp3) is 0.448. The zero-order chi connectivity index (χ0) is 26.6. The van der Waals surface area contributed by atoms with Crippen molar-refractivity contribution in [1.29, 1.82) is 0 Å². The number of hydrogen-bond acceptors (Lipinski definition) is 6. The van der Waals surface area contributed by atoms with Gasteiger partial charge >= 0.3 is 0 Å². The van der Waals surface area contributed by atoms with Crippen LogP contribution in [0, 0.1) is 0 Å². The second-order valence-corrected chi connectivity index (χ2v) is 10.1. The fourth-order valence-electron chi connectivity index (χ4n) is 4.29. The van der Waals surface area contributed by atoms with Gasteiger partial charge in [-0.1, -0.05) is 39.0 Å². The average molecular weight is 496 g/mol. The third-order valence-electron chi connectivity index (χ3n) is 6.13. The van der Waals surface area contributed by atoms with E-state index in [1.807, 2.05) is 51.1 Å². The molecule has 0 spiro atoms. The molecule has 1 aliphatic rings. The van der Waals surface area contributed by atoms with Crippen LogP contribution >= 0.6 is 0 Å². The summed E-state index contributed by atoms with van der Waals surface area (Å²) in [6, 6.07) is 12.0. The molecule has 3 rings (SSSR count). The van der Waals surface area contributed by atoms with E-state index >= 15 is 0 Å². The van der Waals surface area contributed by atoms with Crippen LogP contribution < -0.4 is 9.47 Å². The molecule has 1 fully saturated rings. The van der Waals surface area contributed by atoms with Gasteiger partial charge in [-0.05, 0) is 61.6 Å². The number of ether oxygens (including phenoxy) is 3. The van der Waals surface area contributed by atoms with Gasteiger partial charge in [-0.2, -0.15) is 0 Å². The van der Waals surface area contributed by atoms with Gasteiger partial charge in [-0.15, -0.1) is 0 Å². The smallest absolute Gasteiger partial charge is 0.295 e. The van der Waals surface area contributed by atoms with Gasteiger partial charge in [0.2, 0.25) is 0 Å². The highest BCUT2D eigenvalue weighted by molar-refractivity contribution is 6.46. The Kier molecular flexibility index (Phi) is 8.46. The maximum atomic E-state index is 13.4. The van der Waals surface area contributed by atoms with Crippen LogP contribution in [-0.2, 0) is 19.7 Å². The van der Waals surface area contributed by atoms with E-state index in [2.05, 4.69) is 20.8 Å². The molecule has 0 bridgehead atoms. The molecule has 2 aromatic carbocycles. The van der Waals surface area contributed by atoms with E-state index in [1.54, 1.807) is 12.1 Å². The molecule has 1 unspecified atom stereocenters. The van der Waals surface area contributed by atoms with Crippen molar-refractivity contribution >= 4 is 17.4 Å². The summed E-state index contributed by atoms with van der Waals surface area (Å²) >= 11 is 0. The van der Waals surface area contributed by atoms with Crippen LogP contribution in [0.4, 0.5) is 0 Å². The first-order valence-corrected chi connectivity index (χ1v) is 12.3. The van der Waals surface area contributed by atoms with Crippen molar-refractivity contribution in [2.75, 3.05) is 26.9 Å². The van der Waals surface area contributed by atoms with Crippen molar-refractivity contribution in [3.8, 4) is 11.5 Å². The van der Waals surface area contributed by atoms with Crippen LogP contribution in [0.3, 0.4) is 0 Å². The number of Topliss-reactive ketones (excluding diaryl/α,β-unsaturated/α-hetero) is 1. The van der Waals surface area contributed by atoms with Gasteiger partial charge in [0.25, 0.3) is 11.7 Å². The van der Waals surface area contributed by atoms with Gasteiger partial charge in [0.15, 0.2) is 0 Å². The number of aliphatic hydroxyl groups is 1. The third kappa shape index (κ3) is 5.73. The van der Waals surface area contributed by atoms with Crippen LogP contribution in [0.15, 0.2) is 48.0 Å². The lowest BCUT2D eigenvalue weighted by Gasteiger charge is -2.26. The van der Waals surface area contributed by atoms with Crippen molar-refractivity contribution in [2.45, 2.75) is 59.1 Å². The van der Waals surface area contributed by atoms with E-state index in [1.165, 1.54) is 12.0 Å². The first-order chi connectivity index (χ1) is 17.0. The molecule has 36 heavy (non-hydrogen) atoms. The molecule has 1 aliphatic heterocycles. The number of aliphatic hydroxyl groups excluding tert-OH is 1. The van der Waals surface area contributed by atoms with Gasteiger partial charge in [-0.25, -0.2) is 0 Å². The molecule has 1 saturated heterocycles. The van der Waals surface area contributed by atoms with E-state index in [0.717, 1.165) is 5.56 Å². The number of methoxy groups -OCH3 is 1. The number of benzene rings is 2. The highest BCUT2D eigenvalue weighted by Gasteiger charge is 2.46. The lowest BCUT2D eigenvalue weighted by molar-refractivity contribution is -0.140. The minimum atomic E-state index is -0.802. The Morgan fingerprint density at radius 1 is 1.11 bits per heavy atom. The quantitative estimate of drug-likeness (QED) is 0.291. The van der Waals surface area contributed by atoms with Gasteiger partial charge in [0, 0.05) is 6.54 Å². The molecule has 194 valence electrons. The number of rotatable bonds is 9. The molecule has 0 aromatic heterocycles. The Morgan fingerprint density at radius 3 is 2.44 bits per heavy atom. The second kappa shape index (κ2) is 11.2. The monoisotopic (exact) mass is 495 g/mol. The highest BCUT2D eigenvalue weighted by Crippen LogP contribution is 2.42. The molecule has 1 amide bonds. The summed E-state index contributed by atoms with van der Waals surface area (Å²) in [5, 5.41) is 11.6. The van der Waals surface area contributed by atoms with E-state index in [4.69, 9.17) is 14.2 Å². The zero-order valence-corrected chi connectivity index (χ0v) is 22.3. The number of amides is 1. The lowest BCUT2D eigenvalue weighted by Crippen LogP contribution is -2.33. The molecule has 1 N–H and O–H groups in total. The van der Waals surface area contributed by atoms with Gasteiger partial charge in [0.1, 0.15) is 17.3 Å². The standard InChI is InChI=1S/C29H37NO6/c1-8-35-21-11-9-10-19(16-21)25-24(27(32)28(33)30(25)14-15-36-18(2)3)26(31)22-17-20(29(4,5)6)12-13-23(22)34-7/h9-13,16-18,25,31H,8,14-15H2,1-7H3/b26-24+. The van der Waals surface area contributed by atoms with E-state index < -0.39 is 17.7 Å². The second-order valence-electron chi connectivity index (χ2n) is 10.1. The first-order valence-electron chi connectivity index (χ1n) is 12.3. The fourth-order valence-corrected chi connectivity index (χ4v) is 4.29. The SMILES string of the molecule is CCOc1cccc(C2/C(=C(\O)c3cc(C(C)(C)C)ccc3OC)C(=O)C(=O)N2CCOC(C)C)c1. The zero-order valence-electron chi connectivity index (χ0n) is 22.3. The van der Waals surface area contributed by atoms with Crippen LogP contribution in [0.25, 0.3) is 5.76 Å². The number of likely N-dealkylation sites (tertiary alicyclic amines) is 1. The summed E-state index contributed by atoms with van der Waals surface area (Å²) in [7, 11) is 1.51. The third-order valence-corrected chi connectivity index (χ3v) is 6.13. The summed E-state index contributed by atoms with van der Waals surface area (Å²) in [6.07, 6.45) is -0.0223. The summed E-state index contributed by atoms with van der Waals surface area (Å²) < 4.78 is 16.9. The number of ketones is 1. The maximum absolute atomic E-state index is 13.4. The minimum absolute atomic E-state index is 0.0163. The molecule has 0 saturated carbocycles. The van der Waals surface area contributed by atoms with Crippen LogP contribution in [0.2, 0.25) is 0 Å². The molecule has 0 aliphatic carbocycles. The summed E-state index contributed by atoms with van der Waals surface area (Å²) in [5.41, 5.74) is 1.80. The van der Waals surface area contributed by atoms with Crippen LogP contribution in [0.5, 0.6) is 11.5 Å².